The van der Waals surface area contributed by atoms with E-state index in [-0.39, 0.29) is 5.91 Å². The van der Waals surface area contributed by atoms with Gasteiger partial charge in [0.15, 0.2) is 0 Å². The van der Waals surface area contributed by atoms with Gasteiger partial charge in [0, 0.05) is 30.2 Å². The number of likely N-dealkylation sites (tertiary alicyclic amines) is 1. The molecule has 2 heterocycles. The molecule has 0 aliphatic carbocycles. The van der Waals surface area contributed by atoms with Crippen molar-refractivity contribution >= 4 is 29.0 Å². The Morgan fingerprint density at radius 2 is 1.81 bits per heavy atom. The molecule has 7 heteroatoms. The first-order chi connectivity index (χ1) is 13.0. The Bertz CT molecular complexity index is 833. The molecule has 6 nitrogen and oxygen atoms in total. The van der Waals surface area contributed by atoms with Gasteiger partial charge in [0.05, 0.1) is 12.8 Å². The topological polar surface area (TPSA) is 67.3 Å². The SMILES string of the molecule is COc1cc(Cl)c(C)cc1Nc1cc(C(=O)N2CCCCCC2)nc(C)n1. The molecule has 3 rings (SSSR count). The molecule has 144 valence electrons. The van der Waals surface area contributed by atoms with Gasteiger partial charge in [-0.15, -0.1) is 0 Å². The van der Waals surface area contributed by atoms with Gasteiger partial charge in [-0.1, -0.05) is 24.4 Å². The maximum atomic E-state index is 12.9. The first-order valence-electron chi connectivity index (χ1n) is 9.24. The Morgan fingerprint density at radius 1 is 1.11 bits per heavy atom. The molecule has 0 spiro atoms. The molecule has 1 aliphatic heterocycles. The number of carbonyl (C=O) groups excluding carboxylic acids is 1. The maximum Gasteiger partial charge on any atom is 0.272 e. The average molecular weight is 389 g/mol. The van der Waals surface area contributed by atoms with Crippen LogP contribution in [0.25, 0.3) is 0 Å². The van der Waals surface area contributed by atoms with Crippen LogP contribution >= 0.6 is 11.6 Å². The fraction of sp³-hybridized carbons (Fsp3) is 0.450. The van der Waals surface area contributed by atoms with E-state index in [0.29, 0.717) is 28.1 Å². The minimum Gasteiger partial charge on any atom is -0.495 e. The predicted molar refractivity (Wildman–Crippen MR) is 107 cm³/mol. The van der Waals surface area contributed by atoms with Crippen LogP contribution in [0.15, 0.2) is 18.2 Å². The van der Waals surface area contributed by atoms with E-state index in [1.807, 2.05) is 17.9 Å². The minimum absolute atomic E-state index is 0.0373. The van der Waals surface area contributed by atoms with Gasteiger partial charge in [0.1, 0.15) is 23.1 Å². The molecular formula is C20H25ClN4O2. The number of ether oxygens (including phenoxy) is 1. The Labute approximate surface area is 164 Å². The highest BCUT2D eigenvalue weighted by Gasteiger charge is 2.20. The lowest BCUT2D eigenvalue weighted by atomic mass is 10.2. The highest BCUT2D eigenvalue weighted by Crippen LogP contribution is 2.32. The van der Waals surface area contributed by atoms with Crippen molar-refractivity contribution in [1.29, 1.82) is 0 Å². The van der Waals surface area contributed by atoms with Crippen molar-refractivity contribution in [2.45, 2.75) is 39.5 Å². The Kier molecular flexibility index (Phi) is 6.16. The summed E-state index contributed by atoms with van der Waals surface area (Å²) >= 11 is 6.18. The smallest absolute Gasteiger partial charge is 0.272 e. The van der Waals surface area contributed by atoms with Crippen molar-refractivity contribution in [2.75, 3.05) is 25.5 Å². The quantitative estimate of drug-likeness (QED) is 0.834. The number of nitrogens with zero attached hydrogens (tertiary/aromatic N) is 3. The number of hydrogen-bond acceptors (Lipinski definition) is 5. The Morgan fingerprint density at radius 3 is 2.48 bits per heavy atom. The largest absolute Gasteiger partial charge is 0.495 e. The van der Waals surface area contributed by atoms with Crippen LogP contribution in [0.4, 0.5) is 11.5 Å². The number of amides is 1. The zero-order valence-corrected chi connectivity index (χ0v) is 16.8. The first kappa shape index (κ1) is 19.4. The molecule has 1 N–H and O–H groups in total. The van der Waals surface area contributed by atoms with E-state index in [9.17, 15) is 4.79 Å². The molecule has 0 saturated carbocycles. The Hall–Kier alpha value is -2.34. The van der Waals surface area contributed by atoms with Gasteiger partial charge >= 0.3 is 0 Å². The van der Waals surface area contributed by atoms with Crippen molar-refractivity contribution in [3.63, 3.8) is 0 Å². The maximum absolute atomic E-state index is 12.9. The number of hydrogen-bond donors (Lipinski definition) is 1. The van der Waals surface area contributed by atoms with E-state index in [1.165, 1.54) is 12.8 Å². The molecule has 1 aromatic heterocycles. The molecule has 0 radical (unpaired) electrons. The van der Waals surface area contributed by atoms with Gasteiger partial charge in [-0.3, -0.25) is 4.79 Å². The van der Waals surface area contributed by atoms with Crippen LogP contribution < -0.4 is 10.1 Å². The highest BCUT2D eigenvalue weighted by atomic mass is 35.5. The minimum atomic E-state index is -0.0373. The number of carbonyl (C=O) groups is 1. The fourth-order valence-electron chi connectivity index (χ4n) is 3.24. The van der Waals surface area contributed by atoms with Gasteiger partial charge in [-0.25, -0.2) is 9.97 Å². The average Bonchev–Trinajstić information content (AvgIpc) is 2.93. The zero-order valence-electron chi connectivity index (χ0n) is 16.0. The van der Waals surface area contributed by atoms with Crippen LogP contribution in [-0.2, 0) is 0 Å². The zero-order chi connectivity index (χ0) is 19.4. The monoisotopic (exact) mass is 388 g/mol. The van der Waals surface area contributed by atoms with E-state index < -0.39 is 0 Å². The fourth-order valence-corrected chi connectivity index (χ4v) is 3.40. The van der Waals surface area contributed by atoms with Crippen LogP contribution in [0.5, 0.6) is 5.75 Å². The lowest BCUT2D eigenvalue weighted by Crippen LogP contribution is -2.32. The number of anilines is 2. The number of methoxy groups -OCH3 is 1. The third-order valence-electron chi connectivity index (χ3n) is 4.69. The number of aryl methyl sites for hydroxylation is 2. The second kappa shape index (κ2) is 8.57. The van der Waals surface area contributed by atoms with Crippen molar-refractivity contribution in [3.05, 3.63) is 40.3 Å². The molecule has 0 bridgehead atoms. The van der Waals surface area contributed by atoms with Crippen LogP contribution in [0.3, 0.4) is 0 Å². The third-order valence-corrected chi connectivity index (χ3v) is 5.10. The van der Waals surface area contributed by atoms with Crippen molar-refractivity contribution in [1.82, 2.24) is 14.9 Å². The molecule has 0 atom stereocenters. The van der Waals surface area contributed by atoms with Crippen LogP contribution in [0, 0.1) is 13.8 Å². The normalized spacial score (nSPS) is 14.6. The summed E-state index contributed by atoms with van der Waals surface area (Å²) < 4.78 is 5.40. The third kappa shape index (κ3) is 4.69. The van der Waals surface area contributed by atoms with Crippen molar-refractivity contribution < 1.29 is 9.53 Å². The van der Waals surface area contributed by atoms with E-state index in [2.05, 4.69) is 15.3 Å². The number of nitrogens with one attached hydrogen (secondary N) is 1. The van der Waals surface area contributed by atoms with E-state index in [4.69, 9.17) is 16.3 Å². The lowest BCUT2D eigenvalue weighted by molar-refractivity contribution is 0.0755. The van der Waals surface area contributed by atoms with Crippen LogP contribution in [0.2, 0.25) is 5.02 Å². The summed E-state index contributed by atoms with van der Waals surface area (Å²) in [4.78, 5) is 23.6. The van der Waals surface area contributed by atoms with Gasteiger partial charge in [0.25, 0.3) is 5.91 Å². The standard InChI is InChI=1S/C20H25ClN4O2/c1-13-10-16(18(27-3)11-15(13)21)24-19-12-17(22-14(2)23-19)20(26)25-8-6-4-5-7-9-25/h10-12H,4-9H2,1-3H3,(H,22,23,24). The van der Waals surface area contributed by atoms with Gasteiger partial charge < -0.3 is 15.0 Å². The van der Waals surface area contributed by atoms with E-state index >= 15 is 0 Å². The predicted octanol–water partition coefficient (Wildman–Crippen LogP) is 4.52. The second-order valence-corrected chi connectivity index (χ2v) is 7.23. The van der Waals surface area contributed by atoms with Gasteiger partial charge in [0.2, 0.25) is 0 Å². The summed E-state index contributed by atoms with van der Waals surface area (Å²) in [7, 11) is 1.59. The highest BCUT2D eigenvalue weighted by molar-refractivity contribution is 6.31. The molecule has 1 fully saturated rings. The number of benzene rings is 1. The molecule has 1 aromatic carbocycles. The molecule has 2 aromatic rings. The summed E-state index contributed by atoms with van der Waals surface area (Å²) in [5.41, 5.74) is 2.08. The van der Waals surface area contributed by atoms with Gasteiger partial charge in [-0.05, 0) is 38.3 Å². The van der Waals surface area contributed by atoms with Gasteiger partial charge in [-0.2, -0.15) is 0 Å². The summed E-state index contributed by atoms with van der Waals surface area (Å²) in [6, 6.07) is 5.36. The molecular weight excluding hydrogens is 364 g/mol. The molecule has 0 unspecified atom stereocenters. The van der Waals surface area contributed by atoms with E-state index in [0.717, 1.165) is 37.2 Å². The summed E-state index contributed by atoms with van der Waals surface area (Å²) in [6.45, 7) is 5.28. The van der Waals surface area contributed by atoms with Crippen molar-refractivity contribution in [3.8, 4) is 5.75 Å². The Balaban J connectivity index is 1.87. The summed E-state index contributed by atoms with van der Waals surface area (Å²) in [5.74, 6) is 1.68. The van der Waals surface area contributed by atoms with Crippen molar-refractivity contribution in [2.24, 2.45) is 0 Å². The number of halogens is 1. The number of rotatable bonds is 4. The summed E-state index contributed by atoms with van der Waals surface area (Å²) in [5, 5.41) is 3.87. The molecule has 1 aliphatic rings. The van der Waals surface area contributed by atoms with Crippen LogP contribution in [-0.4, -0.2) is 41.0 Å². The molecule has 1 amide bonds. The lowest BCUT2D eigenvalue weighted by Gasteiger charge is -2.20. The second-order valence-electron chi connectivity index (χ2n) is 6.82. The molecule has 1 saturated heterocycles. The summed E-state index contributed by atoms with van der Waals surface area (Å²) in [6.07, 6.45) is 4.44. The first-order valence-corrected chi connectivity index (χ1v) is 9.62. The molecule has 27 heavy (non-hydrogen) atoms. The van der Waals surface area contributed by atoms with Crippen LogP contribution in [0.1, 0.15) is 47.6 Å². The van der Waals surface area contributed by atoms with E-state index in [1.54, 1.807) is 26.2 Å². The number of aromatic nitrogens is 2.